The predicted octanol–water partition coefficient (Wildman–Crippen LogP) is 4.74. The molecule has 39 heavy (non-hydrogen) atoms. The molecule has 0 spiro atoms. The van der Waals surface area contributed by atoms with E-state index in [0.717, 1.165) is 41.9 Å². The number of hydrogen-bond donors (Lipinski definition) is 2. The van der Waals surface area contributed by atoms with Crippen LogP contribution in [0.4, 0.5) is 0 Å². The van der Waals surface area contributed by atoms with E-state index >= 15 is 0 Å². The molecule has 2 heterocycles. The van der Waals surface area contributed by atoms with Crippen LogP contribution in [0.3, 0.4) is 0 Å². The molecule has 8 heteroatoms. The molecule has 7 unspecified atom stereocenters. The maximum Gasteiger partial charge on any atom is 0.231 e. The maximum absolute atomic E-state index is 13.2. The van der Waals surface area contributed by atoms with Gasteiger partial charge in [-0.2, -0.15) is 0 Å². The summed E-state index contributed by atoms with van der Waals surface area (Å²) in [5.41, 5.74) is 1.58. The zero-order valence-corrected chi connectivity index (χ0v) is 23.0. The highest BCUT2D eigenvalue weighted by atomic mass is 16.7. The van der Waals surface area contributed by atoms with E-state index < -0.39 is 12.4 Å². The summed E-state index contributed by atoms with van der Waals surface area (Å²) in [4.78, 5) is 13.2. The van der Waals surface area contributed by atoms with Crippen molar-refractivity contribution in [3.63, 3.8) is 0 Å². The summed E-state index contributed by atoms with van der Waals surface area (Å²) in [6.45, 7) is 5.77. The van der Waals surface area contributed by atoms with Gasteiger partial charge in [-0.3, -0.25) is 4.79 Å². The highest BCUT2D eigenvalue weighted by molar-refractivity contribution is 5.76. The highest BCUT2D eigenvalue weighted by Crippen LogP contribution is 2.63. The smallest absolute Gasteiger partial charge is 0.231 e. The summed E-state index contributed by atoms with van der Waals surface area (Å²) in [5, 5.41) is 14.2. The fourth-order valence-corrected chi connectivity index (χ4v) is 7.69. The molecule has 1 amide bonds. The lowest BCUT2D eigenvalue weighted by molar-refractivity contribution is -0.312. The van der Waals surface area contributed by atoms with E-state index in [9.17, 15) is 9.90 Å². The Hall–Kier alpha value is -2.81. The van der Waals surface area contributed by atoms with E-state index in [1.165, 1.54) is 0 Å². The number of carbonyl (C=O) groups is 1. The Bertz CT molecular complexity index is 1200. The van der Waals surface area contributed by atoms with Crippen LogP contribution in [0.2, 0.25) is 0 Å². The number of methoxy groups -OCH3 is 1. The summed E-state index contributed by atoms with van der Waals surface area (Å²) in [6.07, 6.45) is 2.84. The average molecular weight is 538 g/mol. The number of hydrogen-bond acceptors (Lipinski definition) is 7. The minimum Gasteiger partial charge on any atom is -0.497 e. The largest absolute Gasteiger partial charge is 0.497 e. The summed E-state index contributed by atoms with van der Waals surface area (Å²) >= 11 is 0. The zero-order chi connectivity index (χ0) is 27.2. The first kappa shape index (κ1) is 26.4. The number of fused-ring (bicyclic) bond motifs is 4. The van der Waals surface area contributed by atoms with E-state index in [1.54, 1.807) is 7.11 Å². The second kappa shape index (κ2) is 10.3. The van der Waals surface area contributed by atoms with Crippen molar-refractivity contribution in [3.8, 4) is 17.2 Å². The number of carbonyl (C=O) groups excluding carboxylic acids is 1. The minimum atomic E-state index is -0.500. The van der Waals surface area contributed by atoms with Crippen LogP contribution in [0, 0.1) is 22.7 Å². The quantitative estimate of drug-likeness (QED) is 0.550. The lowest BCUT2D eigenvalue weighted by atomic mass is 9.46. The second-order valence-corrected chi connectivity index (χ2v) is 12.1. The number of amides is 1. The molecule has 7 atom stereocenters. The van der Waals surface area contributed by atoms with Gasteiger partial charge in [-0.05, 0) is 72.8 Å². The number of benzene rings is 2. The van der Waals surface area contributed by atoms with E-state index in [1.807, 2.05) is 42.5 Å². The van der Waals surface area contributed by atoms with Crippen molar-refractivity contribution in [2.45, 2.75) is 71.0 Å². The molecule has 2 aliphatic heterocycles. The van der Waals surface area contributed by atoms with Crippen molar-refractivity contribution in [3.05, 3.63) is 53.6 Å². The van der Waals surface area contributed by atoms with Crippen molar-refractivity contribution in [1.29, 1.82) is 0 Å². The van der Waals surface area contributed by atoms with Gasteiger partial charge >= 0.3 is 0 Å². The molecule has 210 valence electrons. The predicted molar refractivity (Wildman–Crippen MR) is 143 cm³/mol. The Labute approximate surface area is 229 Å². The SMILES string of the molecule is COc1ccc(C2OCC3(C)C(CCC4(C)C(CC(=O)NCc5ccc6c(c5)OCO6)C(O)CCC34)O2)cc1. The second-order valence-electron chi connectivity index (χ2n) is 12.1. The summed E-state index contributed by atoms with van der Waals surface area (Å²) in [7, 11) is 1.66. The molecule has 8 nitrogen and oxygen atoms in total. The molecule has 2 aromatic carbocycles. The molecule has 3 fully saturated rings. The Morgan fingerprint density at radius 1 is 1.05 bits per heavy atom. The first-order valence-electron chi connectivity index (χ1n) is 14.0. The van der Waals surface area contributed by atoms with Crippen LogP contribution >= 0.6 is 0 Å². The lowest BCUT2D eigenvalue weighted by Crippen LogP contribution is -2.62. The molecular formula is C31H39NO7. The van der Waals surface area contributed by atoms with Crippen LogP contribution in [-0.2, 0) is 20.8 Å². The number of aliphatic hydroxyl groups is 1. The third-order valence-electron chi connectivity index (χ3n) is 9.89. The van der Waals surface area contributed by atoms with Gasteiger partial charge in [0.15, 0.2) is 17.8 Å². The van der Waals surface area contributed by atoms with Gasteiger partial charge in [0, 0.05) is 23.9 Å². The molecule has 0 bridgehead atoms. The number of nitrogens with one attached hydrogen (secondary N) is 1. The molecule has 1 saturated heterocycles. The van der Waals surface area contributed by atoms with Gasteiger partial charge in [-0.1, -0.05) is 32.0 Å². The van der Waals surface area contributed by atoms with Crippen LogP contribution in [-0.4, -0.2) is 43.7 Å². The number of rotatable bonds is 6. The molecule has 2 aliphatic carbocycles. The van der Waals surface area contributed by atoms with Crippen LogP contribution in [0.1, 0.15) is 63.4 Å². The first-order chi connectivity index (χ1) is 18.8. The molecule has 2 saturated carbocycles. The van der Waals surface area contributed by atoms with Crippen LogP contribution in [0.25, 0.3) is 0 Å². The van der Waals surface area contributed by atoms with E-state index in [4.69, 9.17) is 23.7 Å². The monoisotopic (exact) mass is 537 g/mol. The fraction of sp³-hybridized carbons (Fsp3) is 0.581. The average Bonchev–Trinajstić information content (AvgIpc) is 3.41. The van der Waals surface area contributed by atoms with Gasteiger partial charge in [0.05, 0.1) is 25.9 Å². The van der Waals surface area contributed by atoms with Crippen molar-refractivity contribution >= 4 is 5.91 Å². The molecule has 2 aromatic rings. The van der Waals surface area contributed by atoms with E-state index in [-0.39, 0.29) is 41.5 Å². The number of ether oxygens (including phenoxy) is 5. The van der Waals surface area contributed by atoms with E-state index in [0.29, 0.717) is 31.7 Å². The van der Waals surface area contributed by atoms with Gasteiger partial charge in [-0.25, -0.2) is 0 Å². The highest BCUT2D eigenvalue weighted by Gasteiger charge is 2.61. The Kier molecular flexibility index (Phi) is 6.98. The van der Waals surface area contributed by atoms with Crippen molar-refractivity contribution < 1.29 is 33.6 Å². The van der Waals surface area contributed by atoms with Gasteiger partial charge < -0.3 is 34.1 Å². The fourth-order valence-electron chi connectivity index (χ4n) is 7.69. The van der Waals surface area contributed by atoms with Gasteiger partial charge in [0.25, 0.3) is 0 Å². The Morgan fingerprint density at radius 3 is 2.64 bits per heavy atom. The molecule has 0 radical (unpaired) electrons. The van der Waals surface area contributed by atoms with Gasteiger partial charge in [-0.15, -0.1) is 0 Å². The summed E-state index contributed by atoms with van der Waals surface area (Å²) in [6, 6.07) is 13.6. The maximum atomic E-state index is 13.2. The van der Waals surface area contributed by atoms with Crippen LogP contribution < -0.4 is 19.5 Å². The van der Waals surface area contributed by atoms with Crippen LogP contribution in [0.15, 0.2) is 42.5 Å². The molecule has 2 N–H and O–H groups in total. The topological polar surface area (TPSA) is 95.5 Å². The molecular weight excluding hydrogens is 498 g/mol. The number of aliphatic hydroxyl groups excluding tert-OH is 1. The molecule has 4 aliphatic rings. The van der Waals surface area contributed by atoms with Gasteiger partial charge in [0.2, 0.25) is 12.7 Å². The van der Waals surface area contributed by atoms with Crippen molar-refractivity contribution in [2.75, 3.05) is 20.5 Å². The summed E-state index contributed by atoms with van der Waals surface area (Å²) in [5.74, 6) is 2.36. The normalized spacial score (nSPS) is 35.0. The zero-order valence-electron chi connectivity index (χ0n) is 23.0. The lowest BCUT2D eigenvalue weighted by Gasteiger charge is -2.63. The third-order valence-corrected chi connectivity index (χ3v) is 9.89. The standard InChI is InChI=1S/C31H39NO7/c1-30-13-12-27-31(2,17-36-29(39-27)20-5-7-21(35-3)8-6-20)26(30)11-9-23(33)22(30)15-28(34)32-16-19-4-10-24-25(14-19)38-18-37-24/h4-8,10,14,22-23,26-27,29,33H,9,11-13,15-18H2,1-3H3,(H,32,34). The van der Waals surface area contributed by atoms with Crippen molar-refractivity contribution in [2.24, 2.45) is 22.7 Å². The van der Waals surface area contributed by atoms with Gasteiger partial charge in [0.1, 0.15) is 5.75 Å². The first-order valence-corrected chi connectivity index (χ1v) is 14.0. The minimum absolute atomic E-state index is 0.0402. The van der Waals surface area contributed by atoms with Crippen LogP contribution in [0.5, 0.6) is 17.2 Å². The van der Waals surface area contributed by atoms with Crippen molar-refractivity contribution in [1.82, 2.24) is 5.32 Å². The Balaban J connectivity index is 1.12. The molecule has 0 aromatic heterocycles. The van der Waals surface area contributed by atoms with E-state index in [2.05, 4.69) is 19.2 Å². The summed E-state index contributed by atoms with van der Waals surface area (Å²) < 4.78 is 29.0. The third kappa shape index (κ3) is 4.77. The molecule has 6 rings (SSSR count). The Morgan fingerprint density at radius 2 is 1.85 bits per heavy atom.